The molecule has 4 bridgehead atoms. The molecule has 0 unspecified atom stereocenters. The SMILES string of the molecule is c1cc2ccc1NCCCCOCCOCCOc1ccc(cc1)NCCCCOCCOCCO2. The Morgan fingerprint density at radius 1 is 0.389 bits per heavy atom. The molecule has 0 spiro atoms. The molecule has 8 nitrogen and oxygen atoms in total. The lowest BCUT2D eigenvalue weighted by Crippen LogP contribution is -2.12. The van der Waals surface area contributed by atoms with Gasteiger partial charge < -0.3 is 39.1 Å². The Labute approximate surface area is 215 Å². The molecule has 0 radical (unpaired) electrons. The van der Waals surface area contributed by atoms with Crippen molar-refractivity contribution in [2.24, 2.45) is 0 Å². The minimum atomic E-state index is 0.524. The summed E-state index contributed by atoms with van der Waals surface area (Å²) >= 11 is 0. The van der Waals surface area contributed by atoms with Crippen molar-refractivity contribution in [2.75, 3.05) is 89.8 Å². The average molecular weight is 503 g/mol. The van der Waals surface area contributed by atoms with Crippen LogP contribution < -0.4 is 20.1 Å². The summed E-state index contributed by atoms with van der Waals surface area (Å²) in [6.07, 6.45) is 4.10. The van der Waals surface area contributed by atoms with E-state index in [0.717, 1.165) is 74.9 Å². The van der Waals surface area contributed by atoms with Gasteiger partial charge in [0.15, 0.2) is 0 Å². The van der Waals surface area contributed by atoms with Gasteiger partial charge in [0.05, 0.1) is 39.6 Å². The summed E-state index contributed by atoms with van der Waals surface area (Å²) in [7, 11) is 0. The molecule has 2 N–H and O–H groups in total. The molecule has 0 atom stereocenters. The van der Waals surface area contributed by atoms with Gasteiger partial charge in [0.1, 0.15) is 24.7 Å². The maximum absolute atomic E-state index is 5.74. The van der Waals surface area contributed by atoms with Gasteiger partial charge in [-0.2, -0.15) is 0 Å². The zero-order valence-corrected chi connectivity index (χ0v) is 21.4. The predicted octanol–water partition coefficient (Wildman–Crippen LogP) is 4.61. The molecule has 2 aromatic rings. The Morgan fingerprint density at radius 2 is 0.750 bits per heavy atom. The molecule has 0 aliphatic carbocycles. The fourth-order valence-electron chi connectivity index (χ4n) is 3.54. The number of anilines is 2. The van der Waals surface area contributed by atoms with Gasteiger partial charge in [-0.3, -0.25) is 0 Å². The summed E-state index contributed by atoms with van der Waals surface area (Å²) < 4.78 is 34.0. The van der Waals surface area contributed by atoms with Crippen molar-refractivity contribution < 1.29 is 28.4 Å². The fourth-order valence-corrected chi connectivity index (χ4v) is 3.54. The second kappa shape index (κ2) is 18.7. The number of hydrogen-bond donors (Lipinski definition) is 2. The van der Waals surface area contributed by atoms with Crippen LogP contribution in [0.15, 0.2) is 48.5 Å². The Hall–Kier alpha value is -2.52. The van der Waals surface area contributed by atoms with Gasteiger partial charge in [-0.25, -0.2) is 0 Å². The van der Waals surface area contributed by atoms with Crippen molar-refractivity contribution in [2.45, 2.75) is 25.7 Å². The van der Waals surface area contributed by atoms with E-state index in [1.54, 1.807) is 0 Å². The van der Waals surface area contributed by atoms with Gasteiger partial charge in [-0.1, -0.05) is 0 Å². The van der Waals surface area contributed by atoms with E-state index in [9.17, 15) is 0 Å². The van der Waals surface area contributed by atoms with Crippen LogP contribution in [0.25, 0.3) is 0 Å². The van der Waals surface area contributed by atoms with Crippen molar-refractivity contribution in [1.29, 1.82) is 0 Å². The highest BCUT2D eigenvalue weighted by atomic mass is 16.5. The summed E-state index contributed by atoms with van der Waals surface area (Å²) in [5.74, 6) is 1.69. The van der Waals surface area contributed by atoms with Crippen LogP contribution in [-0.4, -0.2) is 79.2 Å². The zero-order valence-electron chi connectivity index (χ0n) is 21.4. The lowest BCUT2D eigenvalue weighted by atomic mass is 10.2. The van der Waals surface area contributed by atoms with Gasteiger partial charge >= 0.3 is 0 Å². The predicted molar refractivity (Wildman–Crippen MR) is 143 cm³/mol. The van der Waals surface area contributed by atoms with Crippen LogP contribution in [0.3, 0.4) is 0 Å². The van der Waals surface area contributed by atoms with Crippen molar-refractivity contribution in [3.05, 3.63) is 48.5 Å². The zero-order chi connectivity index (χ0) is 24.9. The number of ether oxygens (including phenoxy) is 6. The highest BCUT2D eigenvalue weighted by Gasteiger charge is 1.99. The molecule has 0 saturated carbocycles. The van der Waals surface area contributed by atoms with E-state index >= 15 is 0 Å². The molecule has 36 heavy (non-hydrogen) atoms. The minimum absolute atomic E-state index is 0.524. The van der Waals surface area contributed by atoms with Crippen LogP contribution in [0.4, 0.5) is 11.4 Å². The fraction of sp³-hybridized carbons (Fsp3) is 0.571. The number of rotatable bonds is 0. The van der Waals surface area contributed by atoms with Crippen molar-refractivity contribution >= 4 is 11.4 Å². The van der Waals surface area contributed by atoms with Crippen LogP contribution in [-0.2, 0) is 18.9 Å². The summed E-state index contributed by atoms with van der Waals surface area (Å²) in [5, 5.41) is 6.86. The smallest absolute Gasteiger partial charge is 0.119 e. The summed E-state index contributed by atoms with van der Waals surface area (Å²) in [5.41, 5.74) is 2.18. The monoisotopic (exact) mass is 502 g/mol. The van der Waals surface area contributed by atoms with Gasteiger partial charge in [-0.05, 0) is 74.2 Å². The molecule has 4 heterocycles. The Bertz CT molecular complexity index is 654. The molecule has 0 saturated heterocycles. The first-order valence-electron chi connectivity index (χ1n) is 13.1. The van der Waals surface area contributed by atoms with Gasteiger partial charge in [0.25, 0.3) is 0 Å². The molecule has 0 amide bonds. The summed E-state index contributed by atoms with van der Waals surface area (Å²) in [6.45, 7) is 7.80. The summed E-state index contributed by atoms with van der Waals surface area (Å²) in [6, 6.07) is 16.1. The first-order chi connectivity index (χ1) is 17.9. The van der Waals surface area contributed by atoms with Gasteiger partial charge in [0, 0.05) is 37.7 Å². The number of nitrogens with one attached hydrogen (secondary N) is 2. The third-order valence-electron chi connectivity index (χ3n) is 5.53. The van der Waals surface area contributed by atoms with E-state index in [2.05, 4.69) is 10.6 Å². The molecule has 0 fully saturated rings. The van der Waals surface area contributed by atoms with Crippen LogP contribution in [0.1, 0.15) is 25.7 Å². The first-order valence-corrected chi connectivity index (χ1v) is 13.1. The molecule has 8 heteroatoms. The number of benzene rings is 2. The van der Waals surface area contributed by atoms with E-state index in [1.807, 2.05) is 48.5 Å². The van der Waals surface area contributed by atoms with Crippen molar-refractivity contribution in [1.82, 2.24) is 0 Å². The largest absolute Gasteiger partial charge is 0.491 e. The van der Waals surface area contributed by atoms with Gasteiger partial charge in [0.2, 0.25) is 0 Å². The lowest BCUT2D eigenvalue weighted by molar-refractivity contribution is 0.0355. The molecular formula is C28H42N2O6. The number of hydrogen-bond acceptors (Lipinski definition) is 8. The molecule has 0 aromatic heterocycles. The third kappa shape index (κ3) is 13.0. The molecule has 6 rings (SSSR count). The van der Waals surface area contributed by atoms with E-state index in [0.29, 0.717) is 52.9 Å². The van der Waals surface area contributed by atoms with E-state index in [4.69, 9.17) is 28.4 Å². The Kier molecular flexibility index (Phi) is 14.6. The molecule has 200 valence electrons. The van der Waals surface area contributed by atoms with E-state index in [1.165, 1.54) is 0 Å². The van der Waals surface area contributed by atoms with Crippen LogP contribution in [0.5, 0.6) is 11.5 Å². The topological polar surface area (TPSA) is 79.4 Å². The maximum atomic E-state index is 5.74. The molecule has 4 aliphatic rings. The first kappa shape index (κ1) is 28.1. The van der Waals surface area contributed by atoms with E-state index in [-0.39, 0.29) is 0 Å². The second-order valence-corrected chi connectivity index (χ2v) is 8.46. The third-order valence-corrected chi connectivity index (χ3v) is 5.53. The van der Waals surface area contributed by atoms with Gasteiger partial charge in [-0.15, -0.1) is 0 Å². The maximum Gasteiger partial charge on any atom is 0.119 e. The highest BCUT2D eigenvalue weighted by molar-refractivity contribution is 5.47. The lowest BCUT2D eigenvalue weighted by Gasteiger charge is -2.11. The molecular weight excluding hydrogens is 460 g/mol. The van der Waals surface area contributed by atoms with Crippen molar-refractivity contribution in [3.8, 4) is 11.5 Å². The highest BCUT2D eigenvalue weighted by Crippen LogP contribution is 2.16. The molecule has 4 aliphatic heterocycles. The second-order valence-electron chi connectivity index (χ2n) is 8.46. The summed E-state index contributed by atoms with van der Waals surface area (Å²) in [4.78, 5) is 0. The average Bonchev–Trinajstić information content (AvgIpc) is 2.91. The standard InChI is InChI=1S/C28H42N2O6/c1-3-15-31-17-19-33-21-23-36-28-11-7-26(8-12-28)30-14-2-4-16-32-18-20-34-22-24-35-27-9-5-25(6-10-27)29-13-1/h5-12,29-30H,1-4,13-24H2. The minimum Gasteiger partial charge on any atom is -0.491 e. The normalized spacial score (nSPS) is 18.9. The quantitative estimate of drug-likeness (QED) is 0.541. The van der Waals surface area contributed by atoms with Crippen LogP contribution in [0.2, 0.25) is 0 Å². The van der Waals surface area contributed by atoms with Crippen LogP contribution >= 0.6 is 0 Å². The van der Waals surface area contributed by atoms with Crippen molar-refractivity contribution in [3.63, 3.8) is 0 Å². The van der Waals surface area contributed by atoms with Crippen LogP contribution in [0, 0.1) is 0 Å². The Morgan fingerprint density at radius 3 is 1.17 bits per heavy atom. The Balaban J connectivity index is 1.33. The van der Waals surface area contributed by atoms with E-state index < -0.39 is 0 Å². The molecule has 2 aromatic carbocycles.